The smallest absolute Gasteiger partial charge is 0.152 e. The number of benzene rings is 1. The third kappa shape index (κ3) is 1.78. The molecule has 88 valence electrons. The first-order valence-corrected chi connectivity index (χ1v) is 6.45. The Kier molecular flexibility index (Phi) is 2.71. The van der Waals surface area contributed by atoms with Crippen molar-refractivity contribution in [3.05, 3.63) is 36.0 Å². The first kappa shape index (κ1) is 10.6. The number of nitrogens with zero attached hydrogens (tertiary/aromatic N) is 1. The van der Waals surface area contributed by atoms with E-state index >= 15 is 0 Å². The fourth-order valence-corrected chi connectivity index (χ4v) is 3.01. The van der Waals surface area contributed by atoms with Crippen molar-refractivity contribution in [2.24, 2.45) is 0 Å². The van der Waals surface area contributed by atoms with E-state index in [1.165, 1.54) is 37.5 Å². The van der Waals surface area contributed by atoms with Crippen molar-refractivity contribution in [1.29, 1.82) is 0 Å². The Labute approximate surface area is 101 Å². The van der Waals surface area contributed by atoms with Crippen LogP contribution in [0, 0.1) is 0 Å². The van der Waals surface area contributed by atoms with Crippen molar-refractivity contribution in [3.8, 4) is 0 Å². The lowest BCUT2D eigenvalue weighted by Crippen LogP contribution is -2.12. The van der Waals surface area contributed by atoms with E-state index < -0.39 is 0 Å². The molecule has 0 radical (unpaired) electrons. The van der Waals surface area contributed by atoms with Crippen LogP contribution in [-0.2, 0) is 0 Å². The number of rotatable bonds is 2. The van der Waals surface area contributed by atoms with Gasteiger partial charge in [-0.1, -0.05) is 31.4 Å². The monoisotopic (exact) mass is 227 g/mol. The molecule has 1 fully saturated rings. The highest BCUT2D eigenvalue weighted by Crippen LogP contribution is 2.32. The molecule has 0 unspecified atom stereocenters. The molecule has 1 aliphatic carbocycles. The van der Waals surface area contributed by atoms with Crippen molar-refractivity contribution in [3.63, 3.8) is 0 Å². The zero-order valence-corrected chi connectivity index (χ0v) is 9.93. The van der Waals surface area contributed by atoms with Crippen LogP contribution in [0.25, 0.3) is 10.9 Å². The van der Waals surface area contributed by atoms with E-state index in [9.17, 15) is 4.79 Å². The molecule has 1 aromatic heterocycles. The van der Waals surface area contributed by atoms with Gasteiger partial charge in [0.05, 0.1) is 5.52 Å². The van der Waals surface area contributed by atoms with Crippen molar-refractivity contribution in [1.82, 2.24) is 4.57 Å². The Morgan fingerprint density at radius 2 is 1.94 bits per heavy atom. The molecule has 3 rings (SSSR count). The normalized spacial score (nSPS) is 17.4. The zero-order valence-electron chi connectivity index (χ0n) is 9.93. The molecule has 0 saturated heterocycles. The van der Waals surface area contributed by atoms with Gasteiger partial charge in [-0.3, -0.25) is 4.79 Å². The van der Waals surface area contributed by atoms with Crippen LogP contribution in [0.4, 0.5) is 0 Å². The highest BCUT2D eigenvalue weighted by molar-refractivity contribution is 5.96. The first-order chi connectivity index (χ1) is 8.40. The van der Waals surface area contributed by atoms with Gasteiger partial charge in [0.15, 0.2) is 6.29 Å². The van der Waals surface area contributed by atoms with Crippen LogP contribution in [0.15, 0.2) is 30.5 Å². The second-order valence-corrected chi connectivity index (χ2v) is 4.92. The number of aldehydes is 1. The lowest BCUT2D eigenvalue weighted by atomic mass is 9.95. The second kappa shape index (κ2) is 4.36. The van der Waals surface area contributed by atoms with Gasteiger partial charge < -0.3 is 4.57 Å². The van der Waals surface area contributed by atoms with Gasteiger partial charge in [-0.25, -0.2) is 0 Å². The van der Waals surface area contributed by atoms with Crippen molar-refractivity contribution >= 4 is 17.2 Å². The Hall–Kier alpha value is -1.57. The number of hydrogen-bond acceptors (Lipinski definition) is 1. The fourth-order valence-electron chi connectivity index (χ4n) is 3.01. The minimum absolute atomic E-state index is 0.586. The standard InChI is InChI=1S/C15H17NO/c17-11-13-6-4-5-12-9-10-16(15(12)13)14-7-2-1-3-8-14/h4-6,9-11,14H,1-3,7-8H2. The summed E-state index contributed by atoms with van der Waals surface area (Å²) in [5.74, 6) is 0. The van der Waals surface area contributed by atoms with E-state index in [4.69, 9.17) is 0 Å². The predicted molar refractivity (Wildman–Crippen MR) is 69.4 cm³/mol. The number of carbonyl (C=O) groups is 1. The topological polar surface area (TPSA) is 22.0 Å². The zero-order chi connectivity index (χ0) is 11.7. The summed E-state index contributed by atoms with van der Waals surface area (Å²) < 4.78 is 2.32. The van der Waals surface area contributed by atoms with Crippen LogP contribution in [-0.4, -0.2) is 10.9 Å². The number of para-hydroxylation sites is 1. The molecular formula is C15H17NO. The van der Waals surface area contributed by atoms with Gasteiger partial charge >= 0.3 is 0 Å². The minimum atomic E-state index is 0.586. The molecule has 0 amide bonds. The van der Waals surface area contributed by atoms with Crippen LogP contribution in [0.2, 0.25) is 0 Å². The average Bonchev–Trinajstić information content (AvgIpc) is 2.83. The summed E-state index contributed by atoms with van der Waals surface area (Å²) in [5.41, 5.74) is 1.94. The Balaban J connectivity index is 2.12. The summed E-state index contributed by atoms with van der Waals surface area (Å²) in [7, 11) is 0. The van der Waals surface area contributed by atoms with Crippen LogP contribution in [0.1, 0.15) is 48.5 Å². The summed E-state index contributed by atoms with van der Waals surface area (Å²) in [6, 6.07) is 8.66. The van der Waals surface area contributed by atoms with Gasteiger partial charge in [0.2, 0.25) is 0 Å². The third-order valence-electron chi connectivity index (χ3n) is 3.87. The lowest BCUT2D eigenvalue weighted by Gasteiger charge is -2.24. The Morgan fingerprint density at radius 3 is 2.71 bits per heavy atom. The maximum absolute atomic E-state index is 11.1. The van der Waals surface area contributed by atoms with E-state index in [2.05, 4.69) is 22.9 Å². The van der Waals surface area contributed by atoms with Gasteiger partial charge in [0, 0.05) is 23.2 Å². The van der Waals surface area contributed by atoms with Crippen molar-refractivity contribution in [2.45, 2.75) is 38.1 Å². The van der Waals surface area contributed by atoms with E-state index in [0.717, 1.165) is 17.4 Å². The Bertz CT molecular complexity index is 535. The average molecular weight is 227 g/mol. The van der Waals surface area contributed by atoms with Gasteiger partial charge in [0.1, 0.15) is 0 Å². The van der Waals surface area contributed by atoms with E-state index in [-0.39, 0.29) is 0 Å². The summed E-state index contributed by atoms with van der Waals surface area (Å²) in [6.07, 6.45) is 9.60. The van der Waals surface area contributed by atoms with Crippen LogP contribution < -0.4 is 0 Å². The highest BCUT2D eigenvalue weighted by atomic mass is 16.1. The summed E-state index contributed by atoms with van der Waals surface area (Å²) in [6.45, 7) is 0. The first-order valence-electron chi connectivity index (χ1n) is 6.45. The number of carbonyl (C=O) groups excluding carboxylic acids is 1. The minimum Gasteiger partial charge on any atom is -0.344 e. The SMILES string of the molecule is O=Cc1cccc2ccn(C3CCCCC3)c12. The number of fused-ring (bicyclic) bond motifs is 1. The molecule has 1 saturated carbocycles. The maximum atomic E-state index is 11.1. The van der Waals surface area contributed by atoms with Crippen molar-refractivity contribution in [2.75, 3.05) is 0 Å². The molecule has 0 N–H and O–H groups in total. The van der Waals surface area contributed by atoms with E-state index in [1.54, 1.807) is 0 Å². The van der Waals surface area contributed by atoms with Gasteiger partial charge in [-0.2, -0.15) is 0 Å². The van der Waals surface area contributed by atoms with Crippen LogP contribution in [0.5, 0.6) is 0 Å². The molecule has 1 aromatic carbocycles. The molecule has 2 nitrogen and oxygen atoms in total. The Morgan fingerprint density at radius 1 is 1.12 bits per heavy atom. The van der Waals surface area contributed by atoms with Gasteiger partial charge in [-0.05, 0) is 25.0 Å². The lowest BCUT2D eigenvalue weighted by molar-refractivity contribution is 0.112. The highest BCUT2D eigenvalue weighted by Gasteiger charge is 2.17. The van der Waals surface area contributed by atoms with Gasteiger partial charge in [-0.15, -0.1) is 0 Å². The molecule has 1 aliphatic rings. The third-order valence-corrected chi connectivity index (χ3v) is 3.87. The van der Waals surface area contributed by atoms with Crippen molar-refractivity contribution < 1.29 is 4.79 Å². The molecule has 17 heavy (non-hydrogen) atoms. The number of aromatic nitrogens is 1. The molecule has 2 heteroatoms. The number of hydrogen-bond donors (Lipinski definition) is 0. The molecule has 0 bridgehead atoms. The second-order valence-electron chi connectivity index (χ2n) is 4.92. The summed E-state index contributed by atoms with van der Waals surface area (Å²) >= 11 is 0. The molecular weight excluding hydrogens is 210 g/mol. The van der Waals surface area contributed by atoms with E-state index in [1.807, 2.05) is 12.1 Å². The van der Waals surface area contributed by atoms with Gasteiger partial charge in [0.25, 0.3) is 0 Å². The quantitative estimate of drug-likeness (QED) is 0.712. The fraction of sp³-hybridized carbons (Fsp3) is 0.400. The largest absolute Gasteiger partial charge is 0.344 e. The van der Waals surface area contributed by atoms with Crippen LogP contribution in [0.3, 0.4) is 0 Å². The summed E-state index contributed by atoms with van der Waals surface area (Å²) in [4.78, 5) is 11.1. The van der Waals surface area contributed by atoms with Crippen LogP contribution >= 0.6 is 0 Å². The molecule has 0 atom stereocenters. The molecule has 0 aliphatic heterocycles. The maximum Gasteiger partial charge on any atom is 0.152 e. The molecule has 1 heterocycles. The molecule has 0 spiro atoms. The predicted octanol–water partition coefficient (Wildman–Crippen LogP) is 3.96. The summed E-state index contributed by atoms with van der Waals surface area (Å²) in [5, 5.41) is 1.18. The van der Waals surface area contributed by atoms with E-state index in [0.29, 0.717) is 6.04 Å². The molecule has 2 aromatic rings.